The first-order valence-electron chi connectivity index (χ1n) is 11.1. The van der Waals surface area contributed by atoms with Crippen LogP contribution in [-0.4, -0.2) is 57.9 Å². The summed E-state index contributed by atoms with van der Waals surface area (Å²) >= 11 is 0. The van der Waals surface area contributed by atoms with E-state index in [4.69, 9.17) is 19.8 Å². The number of nitrogens with zero attached hydrogens (tertiary/aromatic N) is 5. The van der Waals surface area contributed by atoms with Crippen LogP contribution in [0.5, 0.6) is 0 Å². The quantitative estimate of drug-likeness (QED) is 0.600. The number of fused-ring (bicyclic) bond motifs is 1. The van der Waals surface area contributed by atoms with Crippen LogP contribution in [-0.2, 0) is 9.53 Å². The van der Waals surface area contributed by atoms with Gasteiger partial charge in [0.05, 0.1) is 47.7 Å². The molecule has 1 saturated carbocycles. The monoisotopic (exact) mass is 419 g/mol. The van der Waals surface area contributed by atoms with Gasteiger partial charge in [-0.05, 0) is 70.3 Å². The van der Waals surface area contributed by atoms with Gasteiger partial charge in [0.1, 0.15) is 0 Å². The van der Waals surface area contributed by atoms with Crippen LogP contribution in [0.4, 0.5) is 0 Å². The van der Waals surface area contributed by atoms with Gasteiger partial charge in [0.15, 0.2) is 0 Å². The zero-order chi connectivity index (χ0) is 21.5. The fourth-order valence-corrected chi connectivity index (χ4v) is 4.93. The standard InChI is InChI=1S/C24H29N5O2/c1-15-20(14-29(27-15)18-11-17(12-18)24(30)31-3)22-13-25-23-19(5-4-6-21(23)26-22)16-7-9-28(2)10-8-16/h4-6,13-14,16-18H,7-12H2,1-3H3/t17-,18-. The lowest BCUT2D eigenvalue weighted by Gasteiger charge is -2.33. The maximum atomic E-state index is 11.7. The molecule has 3 aromatic rings. The number of hydrogen-bond donors (Lipinski definition) is 0. The Bertz CT molecular complexity index is 1110. The first-order chi connectivity index (χ1) is 15.0. The van der Waals surface area contributed by atoms with E-state index in [0.717, 1.165) is 53.9 Å². The van der Waals surface area contributed by atoms with Gasteiger partial charge in [0, 0.05) is 11.8 Å². The first kappa shape index (κ1) is 20.1. The van der Waals surface area contributed by atoms with Crippen molar-refractivity contribution < 1.29 is 9.53 Å². The Labute approximate surface area is 182 Å². The van der Waals surface area contributed by atoms with E-state index in [9.17, 15) is 4.79 Å². The summed E-state index contributed by atoms with van der Waals surface area (Å²) in [5, 5.41) is 4.70. The predicted molar refractivity (Wildman–Crippen MR) is 119 cm³/mol. The molecule has 3 heterocycles. The SMILES string of the molecule is COC(=O)[C@H]1C[C@H](n2cc(-c3cnc4c(C5CCN(C)CC5)cccc4n3)c(C)n2)C1. The van der Waals surface area contributed by atoms with Gasteiger partial charge in [-0.15, -0.1) is 0 Å². The average Bonchev–Trinajstić information content (AvgIpc) is 3.13. The minimum absolute atomic E-state index is 0.0126. The van der Waals surface area contributed by atoms with Crippen LogP contribution in [0.25, 0.3) is 22.3 Å². The molecule has 0 radical (unpaired) electrons. The Morgan fingerprint density at radius 2 is 1.97 bits per heavy atom. The van der Waals surface area contributed by atoms with Crippen LogP contribution in [0.2, 0.25) is 0 Å². The summed E-state index contributed by atoms with van der Waals surface area (Å²) in [5.74, 6) is 0.411. The van der Waals surface area contributed by atoms with Gasteiger partial charge < -0.3 is 9.64 Å². The van der Waals surface area contributed by atoms with Crippen molar-refractivity contribution in [3.63, 3.8) is 0 Å². The molecule has 2 aliphatic rings. The highest BCUT2D eigenvalue weighted by atomic mass is 16.5. The summed E-state index contributed by atoms with van der Waals surface area (Å²) in [7, 11) is 3.63. The highest BCUT2D eigenvalue weighted by Crippen LogP contribution is 2.39. The summed E-state index contributed by atoms with van der Waals surface area (Å²) in [5.41, 5.74) is 6.06. The fourth-order valence-electron chi connectivity index (χ4n) is 4.93. The number of benzene rings is 1. The van der Waals surface area contributed by atoms with Crippen LogP contribution in [0.1, 0.15) is 48.9 Å². The normalized spacial score (nSPS) is 22.4. The van der Waals surface area contributed by atoms with E-state index < -0.39 is 0 Å². The summed E-state index contributed by atoms with van der Waals surface area (Å²) < 4.78 is 6.82. The predicted octanol–water partition coefficient (Wildman–Crippen LogP) is 3.74. The second-order valence-corrected chi connectivity index (χ2v) is 9.00. The van der Waals surface area contributed by atoms with Gasteiger partial charge in [-0.25, -0.2) is 4.98 Å². The summed E-state index contributed by atoms with van der Waals surface area (Å²) in [4.78, 5) is 23.9. The topological polar surface area (TPSA) is 73.1 Å². The maximum absolute atomic E-state index is 11.7. The molecule has 1 saturated heterocycles. The van der Waals surface area contributed by atoms with Crippen molar-refractivity contribution in [3.05, 3.63) is 41.9 Å². The van der Waals surface area contributed by atoms with Crippen LogP contribution in [0, 0.1) is 12.8 Å². The number of carbonyl (C=O) groups is 1. The van der Waals surface area contributed by atoms with E-state index in [1.165, 1.54) is 25.5 Å². The molecule has 7 nitrogen and oxygen atoms in total. The van der Waals surface area contributed by atoms with Crippen molar-refractivity contribution in [2.75, 3.05) is 27.2 Å². The third-order valence-corrected chi connectivity index (χ3v) is 6.98. The van der Waals surface area contributed by atoms with Gasteiger partial charge in [0.25, 0.3) is 0 Å². The fraction of sp³-hybridized carbons (Fsp3) is 0.500. The summed E-state index contributed by atoms with van der Waals surface area (Å²) in [6, 6.07) is 6.61. The zero-order valence-electron chi connectivity index (χ0n) is 18.4. The van der Waals surface area contributed by atoms with Crippen LogP contribution >= 0.6 is 0 Å². The Hall–Kier alpha value is -2.80. The molecule has 0 unspecified atom stereocenters. The Morgan fingerprint density at radius 3 is 2.71 bits per heavy atom. The minimum atomic E-state index is -0.124. The molecule has 0 atom stereocenters. The molecule has 0 spiro atoms. The molecule has 0 N–H and O–H groups in total. The number of aromatic nitrogens is 4. The Kier molecular flexibility index (Phi) is 5.22. The Morgan fingerprint density at radius 1 is 1.19 bits per heavy atom. The van der Waals surface area contributed by atoms with Crippen molar-refractivity contribution in [2.24, 2.45) is 5.92 Å². The van der Waals surface area contributed by atoms with Gasteiger partial charge in [-0.1, -0.05) is 12.1 Å². The number of methoxy groups -OCH3 is 1. The minimum Gasteiger partial charge on any atom is -0.469 e. The largest absolute Gasteiger partial charge is 0.469 e. The van der Waals surface area contributed by atoms with E-state index in [1.54, 1.807) is 0 Å². The van der Waals surface area contributed by atoms with Crippen molar-refractivity contribution in [1.29, 1.82) is 0 Å². The Balaban J connectivity index is 1.40. The van der Waals surface area contributed by atoms with E-state index >= 15 is 0 Å². The molecule has 1 aromatic carbocycles. The number of hydrogen-bond acceptors (Lipinski definition) is 6. The highest BCUT2D eigenvalue weighted by molar-refractivity contribution is 5.81. The lowest BCUT2D eigenvalue weighted by atomic mass is 9.80. The van der Waals surface area contributed by atoms with Gasteiger partial charge in [0.2, 0.25) is 0 Å². The number of piperidine rings is 1. The van der Waals surface area contributed by atoms with Gasteiger partial charge in [-0.2, -0.15) is 5.10 Å². The second kappa shape index (κ2) is 8.04. The third kappa shape index (κ3) is 3.71. The molecule has 2 fully saturated rings. The van der Waals surface area contributed by atoms with E-state index in [1.807, 2.05) is 24.0 Å². The number of rotatable bonds is 4. The summed E-state index contributed by atoms with van der Waals surface area (Å²) in [6.45, 7) is 4.26. The van der Waals surface area contributed by atoms with E-state index in [-0.39, 0.29) is 17.9 Å². The molecule has 2 aromatic heterocycles. The third-order valence-electron chi connectivity index (χ3n) is 6.98. The average molecular weight is 420 g/mol. The van der Waals surface area contributed by atoms with Crippen molar-refractivity contribution in [2.45, 2.75) is 44.6 Å². The zero-order valence-corrected chi connectivity index (χ0v) is 18.4. The number of para-hydroxylation sites is 1. The smallest absolute Gasteiger partial charge is 0.308 e. The lowest BCUT2D eigenvalue weighted by molar-refractivity contribution is -0.149. The molecule has 7 heteroatoms. The van der Waals surface area contributed by atoms with Crippen molar-refractivity contribution >= 4 is 17.0 Å². The van der Waals surface area contributed by atoms with Crippen LogP contribution in [0.3, 0.4) is 0 Å². The molecule has 1 aliphatic heterocycles. The number of likely N-dealkylation sites (tertiary alicyclic amines) is 1. The molecular formula is C24H29N5O2. The van der Waals surface area contributed by atoms with E-state index in [2.05, 4.69) is 30.1 Å². The van der Waals surface area contributed by atoms with E-state index in [0.29, 0.717) is 5.92 Å². The maximum Gasteiger partial charge on any atom is 0.308 e. The lowest BCUT2D eigenvalue weighted by Crippen LogP contribution is -2.33. The molecule has 0 bridgehead atoms. The number of carbonyl (C=O) groups excluding carboxylic acids is 1. The molecular weight excluding hydrogens is 390 g/mol. The van der Waals surface area contributed by atoms with Crippen molar-refractivity contribution in [1.82, 2.24) is 24.6 Å². The molecule has 1 aliphatic carbocycles. The molecule has 5 rings (SSSR count). The van der Waals surface area contributed by atoms with Crippen LogP contribution < -0.4 is 0 Å². The first-order valence-corrected chi connectivity index (χ1v) is 11.1. The van der Waals surface area contributed by atoms with Gasteiger partial charge in [-0.3, -0.25) is 14.5 Å². The number of ether oxygens (including phenoxy) is 1. The molecule has 162 valence electrons. The highest BCUT2D eigenvalue weighted by Gasteiger charge is 2.37. The number of aryl methyl sites for hydroxylation is 1. The van der Waals surface area contributed by atoms with Gasteiger partial charge >= 0.3 is 5.97 Å². The van der Waals surface area contributed by atoms with Crippen molar-refractivity contribution in [3.8, 4) is 11.3 Å². The number of esters is 1. The molecule has 31 heavy (non-hydrogen) atoms. The van der Waals surface area contributed by atoms with Crippen LogP contribution in [0.15, 0.2) is 30.6 Å². The molecule has 0 amide bonds. The summed E-state index contributed by atoms with van der Waals surface area (Å²) in [6.07, 6.45) is 7.81. The second-order valence-electron chi connectivity index (χ2n) is 9.00.